The monoisotopic (exact) mass is 342 g/mol. The molecule has 7 nitrogen and oxygen atoms in total. The molecule has 0 unspecified atom stereocenters. The number of amides is 1. The van der Waals surface area contributed by atoms with Crippen LogP contribution in [0, 0.1) is 0 Å². The van der Waals surface area contributed by atoms with E-state index in [2.05, 4.69) is 26.8 Å². The normalized spacial score (nSPS) is 16.4. The Morgan fingerprint density at radius 2 is 2.00 bits per heavy atom. The summed E-state index contributed by atoms with van der Waals surface area (Å²) in [6.45, 7) is 7.92. The molecule has 1 aliphatic rings. The molecule has 0 aliphatic carbocycles. The van der Waals surface area contributed by atoms with Gasteiger partial charge in [-0.25, -0.2) is 4.39 Å². The van der Waals surface area contributed by atoms with Gasteiger partial charge in [-0.15, -0.1) is 15.3 Å². The first-order valence-electron chi connectivity index (χ1n) is 8.00. The lowest BCUT2D eigenvalue weighted by molar-refractivity contribution is -0.118. The minimum Gasteiger partial charge on any atom is -0.352 e. The second-order valence-electron chi connectivity index (χ2n) is 5.57. The molecule has 130 valence electrons. The summed E-state index contributed by atoms with van der Waals surface area (Å²) in [5.74, 6) is 0.628. The molecule has 2 aromatic rings. The SMILES string of the molecule is C=C/C=C(F)\C(=C/C)c1nnc2ccc(N3CCN(C=O)CC3)nn12. The first-order chi connectivity index (χ1) is 12.2. The highest BCUT2D eigenvalue weighted by Gasteiger charge is 2.19. The Hall–Kier alpha value is -3.03. The van der Waals surface area contributed by atoms with E-state index in [-0.39, 0.29) is 0 Å². The number of hydrogen-bond acceptors (Lipinski definition) is 5. The molecular formula is C17H19FN6O. The smallest absolute Gasteiger partial charge is 0.209 e. The molecule has 0 N–H and O–H groups in total. The second kappa shape index (κ2) is 7.25. The van der Waals surface area contributed by atoms with Crippen molar-refractivity contribution in [3.8, 4) is 0 Å². The van der Waals surface area contributed by atoms with E-state index in [1.54, 1.807) is 24.0 Å². The predicted molar refractivity (Wildman–Crippen MR) is 93.7 cm³/mol. The molecule has 0 radical (unpaired) electrons. The third-order valence-electron chi connectivity index (χ3n) is 4.09. The van der Waals surface area contributed by atoms with Gasteiger partial charge in [0.1, 0.15) is 11.6 Å². The fourth-order valence-corrected chi connectivity index (χ4v) is 2.74. The standard InChI is InChI=1S/C17H19FN6O/c1-3-5-14(18)13(4-2)17-20-19-15-6-7-16(21-24(15)17)23-10-8-22(12-25)9-11-23/h3-7,12H,1,8-11H2,2H3/b13-4+,14-5+. The Balaban J connectivity index is 1.96. The van der Waals surface area contributed by atoms with Crippen LogP contribution < -0.4 is 4.90 Å². The summed E-state index contributed by atoms with van der Waals surface area (Å²) in [4.78, 5) is 14.6. The van der Waals surface area contributed by atoms with Gasteiger partial charge in [-0.1, -0.05) is 18.7 Å². The molecule has 1 aliphatic heterocycles. The van der Waals surface area contributed by atoms with Crippen molar-refractivity contribution in [3.05, 3.63) is 48.6 Å². The van der Waals surface area contributed by atoms with Gasteiger partial charge in [0.2, 0.25) is 6.41 Å². The highest BCUT2D eigenvalue weighted by atomic mass is 19.1. The number of allylic oxidation sites excluding steroid dienone is 5. The molecule has 0 bridgehead atoms. The minimum atomic E-state index is -0.446. The Kier molecular flexibility index (Phi) is 4.87. The van der Waals surface area contributed by atoms with Gasteiger partial charge in [-0.05, 0) is 25.1 Å². The van der Waals surface area contributed by atoms with E-state index in [9.17, 15) is 9.18 Å². The van der Waals surface area contributed by atoms with Crippen LogP contribution in [0.3, 0.4) is 0 Å². The Bertz CT molecular complexity index is 848. The lowest BCUT2D eigenvalue weighted by Crippen LogP contribution is -2.46. The number of carbonyl (C=O) groups is 1. The quantitative estimate of drug-likeness (QED) is 0.613. The van der Waals surface area contributed by atoms with Gasteiger partial charge in [0, 0.05) is 26.2 Å². The molecule has 0 spiro atoms. The van der Waals surface area contributed by atoms with Crippen LogP contribution in [0.2, 0.25) is 0 Å². The summed E-state index contributed by atoms with van der Waals surface area (Å²) in [6, 6.07) is 3.66. The topological polar surface area (TPSA) is 66.6 Å². The lowest BCUT2D eigenvalue weighted by Gasteiger charge is -2.33. The number of rotatable bonds is 5. The maximum atomic E-state index is 14.3. The van der Waals surface area contributed by atoms with Crippen molar-refractivity contribution in [3.63, 3.8) is 0 Å². The molecule has 25 heavy (non-hydrogen) atoms. The van der Waals surface area contributed by atoms with E-state index in [0.29, 0.717) is 43.2 Å². The first-order valence-corrected chi connectivity index (χ1v) is 8.00. The maximum absolute atomic E-state index is 14.3. The molecule has 3 heterocycles. The van der Waals surface area contributed by atoms with Crippen molar-refractivity contribution in [2.45, 2.75) is 6.92 Å². The highest BCUT2D eigenvalue weighted by Crippen LogP contribution is 2.24. The van der Waals surface area contributed by atoms with Crippen molar-refractivity contribution in [1.82, 2.24) is 24.7 Å². The second-order valence-corrected chi connectivity index (χ2v) is 5.57. The van der Waals surface area contributed by atoms with Crippen molar-refractivity contribution in [2.24, 2.45) is 0 Å². The van der Waals surface area contributed by atoms with E-state index >= 15 is 0 Å². The van der Waals surface area contributed by atoms with Crippen molar-refractivity contribution in [1.29, 1.82) is 0 Å². The van der Waals surface area contributed by atoms with Crippen molar-refractivity contribution in [2.75, 3.05) is 31.1 Å². The number of anilines is 1. The number of hydrogen-bond donors (Lipinski definition) is 0. The van der Waals surface area contributed by atoms with Gasteiger partial charge in [-0.2, -0.15) is 4.52 Å². The molecule has 1 fully saturated rings. The fraction of sp³-hybridized carbons (Fsp3) is 0.294. The van der Waals surface area contributed by atoms with Gasteiger partial charge in [0.05, 0.1) is 5.57 Å². The number of piperazine rings is 1. The predicted octanol–water partition coefficient (Wildman–Crippen LogP) is 1.85. The Morgan fingerprint density at radius 1 is 1.24 bits per heavy atom. The number of carbonyl (C=O) groups excluding carboxylic acids is 1. The van der Waals surface area contributed by atoms with Crippen molar-refractivity contribution < 1.29 is 9.18 Å². The zero-order chi connectivity index (χ0) is 17.8. The van der Waals surface area contributed by atoms with E-state index in [0.717, 1.165) is 12.2 Å². The maximum Gasteiger partial charge on any atom is 0.209 e. The minimum absolute atomic E-state index is 0.308. The fourth-order valence-electron chi connectivity index (χ4n) is 2.74. The molecule has 0 atom stereocenters. The van der Waals surface area contributed by atoms with Crippen LogP contribution in [-0.2, 0) is 4.79 Å². The largest absolute Gasteiger partial charge is 0.352 e. The number of fused-ring (bicyclic) bond motifs is 1. The van der Waals surface area contributed by atoms with E-state index in [1.807, 2.05) is 6.07 Å². The highest BCUT2D eigenvalue weighted by molar-refractivity contribution is 5.74. The first kappa shape index (κ1) is 16.8. The molecular weight excluding hydrogens is 323 g/mol. The summed E-state index contributed by atoms with van der Waals surface area (Å²) >= 11 is 0. The van der Waals surface area contributed by atoms with Crippen LogP contribution in [0.4, 0.5) is 10.2 Å². The molecule has 8 heteroatoms. The summed E-state index contributed by atoms with van der Waals surface area (Å²) in [5.41, 5.74) is 0.846. The number of halogens is 1. The van der Waals surface area contributed by atoms with Gasteiger partial charge in [-0.3, -0.25) is 4.79 Å². The number of nitrogens with zero attached hydrogens (tertiary/aromatic N) is 6. The zero-order valence-electron chi connectivity index (χ0n) is 14.0. The van der Waals surface area contributed by atoms with Crippen LogP contribution >= 0.6 is 0 Å². The molecule has 0 saturated carbocycles. The average Bonchev–Trinajstić information content (AvgIpc) is 3.06. The van der Waals surface area contributed by atoms with Crippen molar-refractivity contribution >= 4 is 23.4 Å². The van der Waals surface area contributed by atoms with Crippen LogP contribution in [0.15, 0.2) is 42.8 Å². The zero-order valence-corrected chi connectivity index (χ0v) is 14.0. The third kappa shape index (κ3) is 3.28. The van der Waals surface area contributed by atoms with Gasteiger partial charge < -0.3 is 9.80 Å². The van der Waals surface area contributed by atoms with E-state index in [4.69, 9.17) is 0 Å². The molecule has 3 rings (SSSR count). The van der Waals surface area contributed by atoms with Crippen LogP contribution in [0.1, 0.15) is 12.7 Å². The van der Waals surface area contributed by atoms with Crippen LogP contribution in [-0.4, -0.2) is 57.3 Å². The Morgan fingerprint density at radius 3 is 2.64 bits per heavy atom. The van der Waals surface area contributed by atoms with Crippen LogP contribution in [0.5, 0.6) is 0 Å². The Labute approximate surface area is 144 Å². The van der Waals surface area contributed by atoms with Gasteiger partial charge in [0.15, 0.2) is 11.5 Å². The van der Waals surface area contributed by atoms with E-state index < -0.39 is 5.83 Å². The average molecular weight is 342 g/mol. The molecule has 2 aromatic heterocycles. The van der Waals surface area contributed by atoms with E-state index in [1.165, 1.54) is 16.7 Å². The summed E-state index contributed by atoms with van der Waals surface area (Å²) in [7, 11) is 0. The third-order valence-corrected chi connectivity index (χ3v) is 4.09. The summed E-state index contributed by atoms with van der Waals surface area (Å²) in [6.07, 6.45) is 5.15. The molecule has 0 aromatic carbocycles. The number of aromatic nitrogens is 4. The molecule has 1 saturated heterocycles. The summed E-state index contributed by atoms with van der Waals surface area (Å²) < 4.78 is 15.8. The van der Waals surface area contributed by atoms with Gasteiger partial charge >= 0.3 is 0 Å². The van der Waals surface area contributed by atoms with Crippen LogP contribution in [0.25, 0.3) is 11.2 Å². The summed E-state index contributed by atoms with van der Waals surface area (Å²) in [5, 5.41) is 12.7. The molecule has 1 amide bonds. The lowest BCUT2D eigenvalue weighted by atomic mass is 10.2. The van der Waals surface area contributed by atoms with Gasteiger partial charge in [0.25, 0.3) is 0 Å².